The first kappa shape index (κ1) is 28.7. The monoisotopic (exact) mass is 609 g/mol. The molecule has 0 unspecified atom stereocenters. The minimum Gasteiger partial charge on any atom is -0.477 e. The Labute approximate surface area is 258 Å². The summed E-state index contributed by atoms with van der Waals surface area (Å²) in [6, 6.07) is 10.5. The molecule has 0 saturated carbocycles. The van der Waals surface area contributed by atoms with E-state index >= 15 is 0 Å². The zero-order valence-electron chi connectivity index (χ0n) is 25.0. The number of fused-ring (bicyclic) bond motifs is 3. The lowest BCUT2D eigenvalue weighted by Crippen LogP contribution is -2.57. The summed E-state index contributed by atoms with van der Waals surface area (Å²) in [5.41, 5.74) is 0.408. The standard InChI is InChI=1S/C33H32FN7O4/c1-35-26-13-23-27(14-28(26)41-20-8-10-33(41,11-9-20)19-45-31-25(34)5-4-12-36-31)40(18-24(30(23)42)32(43)44)21-6-7-29(37-15-21)39-16-22(17-39)38(2)3/h4-7,12-15,18,20,22H,8-11,16-17,19H2,2-3H3,(H,43,44). The van der Waals surface area contributed by atoms with Gasteiger partial charge in [0.05, 0.1) is 29.5 Å². The number of carboxylic acids is 1. The molecule has 3 saturated heterocycles. The zero-order valence-corrected chi connectivity index (χ0v) is 25.0. The van der Waals surface area contributed by atoms with Crippen LogP contribution in [0.3, 0.4) is 0 Å². The summed E-state index contributed by atoms with van der Waals surface area (Å²) in [6.45, 7) is 9.94. The Hall–Kier alpha value is -5.02. The van der Waals surface area contributed by atoms with Crippen molar-refractivity contribution in [2.24, 2.45) is 0 Å². The number of halogens is 1. The Morgan fingerprint density at radius 2 is 1.98 bits per heavy atom. The van der Waals surface area contributed by atoms with Crippen molar-refractivity contribution in [1.82, 2.24) is 19.4 Å². The van der Waals surface area contributed by atoms with E-state index in [9.17, 15) is 19.1 Å². The Balaban J connectivity index is 1.31. The molecule has 0 radical (unpaired) electrons. The van der Waals surface area contributed by atoms with Gasteiger partial charge in [0.15, 0.2) is 5.82 Å². The molecular weight excluding hydrogens is 577 g/mol. The van der Waals surface area contributed by atoms with Crippen molar-refractivity contribution >= 4 is 34.1 Å². The number of rotatable bonds is 8. The van der Waals surface area contributed by atoms with E-state index in [1.165, 1.54) is 30.6 Å². The maximum absolute atomic E-state index is 14.4. The summed E-state index contributed by atoms with van der Waals surface area (Å²) in [5.74, 6) is -1.13. The van der Waals surface area contributed by atoms with E-state index in [0.717, 1.165) is 44.6 Å². The Morgan fingerprint density at radius 1 is 1.20 bits per heavy atom. The molecule has 11 nitrogen and oxygen atoms in total. The van der Waals surface area contributed by atoms with Crippen molar-refractivity contribution in [3.8, 4) is 11.6 Å². The van der Waals surface area contributed by atoms with Crippen LogP contribution in [0.2, 0.25) is 0 Å². The summed E-state index contributed by atoms with van der Waals surface area (Å²) in [5, 5.41) is 10.0. The molecule has 0 atom stereocenters. The molecule has 0 spiro atoms. The van der Waals surface area contributed by atoms with E-state index in [1.54, 1.807) is 16.8 Å². The number of hydrogen-bond acceptors (Lipinski definition) is 8. The predicted molar refractivity (Wildman–Crippen MR) is 167 cm³/mol. The number of likely N-dealkylation sites (N-methyl/N-ethyl adjacent to an activating group) is 1. The lowest BCUT2D eigenvalue weighted by Gasteiger charge is -2.43. The number of pyridine rings is 3. The predicted octanol–water partition coefficient (Wildman–Crippen LogP) is 4.50. The Morgan fingerprint density at radius 3 is 2.62 bits per heavy atom. The fourth-order valence-electron chi connectivity index (χ4n) is 7.05. The fourth-order valence-corrected chi connectivity index (χ4v) is 7.05. The second-order valence-electron chi connectivity index (χ2n) is 12.3. The van der Waals surface area contributed by atoms with E-state index in [-0.39, 0.29) is 29.6 Å². The van der Waals surface area contributed by atoms with Crippen LogP contribution in [0.15, 0.2) is 59.8 Å². The quantitative estimate of drug-likeness (QED) is 0.289. The van der Waals surface area contributed by atoms with E-state index in [4.69, 9.17) is 11.3 Å². The second-order valence-corrected chi connectivity index (χ2v) is 12.3. The Kier molecular flexibility index (Phi) is 6.93. The lowest BCUT2D eigenvalue weighted by molar-refractivity contribution is 0.0695. The number of carboxylic acid groups (broad SMARTS) is 1. The van der Waals surface area contributed by atoms with Crippen LogP contribution in [0.1, 0.15) is 36.0 Å². The highest BCUT2D eigenvalue weighted by Gasteiger charge is 2.53. The molecule has 0 amide bonds. The van der Waals surface area contributed by atoms with Crippen molar-refractivity contribution in [2.45, 2.75) is 43.3 Å². The molecule has 3 aromatic heterocycles. The minimum absolute atomic E-state index is 0.0625. The van der Waals surface area contributed by atoms with Gasteiger partial charge >= 0.3 is 5.97 Å². The van der Waals surface area contributed by atoms with Crippen LogP contribution < -0.4 is 20.0 Å². The van der Waals surface area contributed by atoms with Crippen molar-refractivity contribution < 1.29 is 19.0 Å². The van der Waals surface area contributed by atoms with Gasteiger partial charge in [-0.15, -0.1) is 0 Å². The van der Waals surface area contributed by atoms with Crippen LogP contribution in [0.5, 0.6) is 5.88 Å². The van der Waals surface area contributed by atoms with Crippen LogP contribution in [0, 0.1) is 12.4 Å². The number of aromatic carboxylic acids is 1. The smallest absolute Gasteiger partial charge is 0.341 e. The first-order chi connectivity index (χ1) is 21.7. The van der Waals surface area contributed by atoms with Crippen molar-refractivity contribution in [3.63, 3.8) is 0 Å². The molecular formula is C33H32FN7O4. The number of anilines is 2. The van der Waals surface area contributed by atoms with Gasteiger partial charge in [0.1, 0.15) is 18.0 Å². The third-order valence-corrected chi connectivity index (χ3v) is 9.60. The summed E-state index contributed by atoms with van der Waals surface area (Å²) in [6.07, 6.45) is 7.84. The van der Waals surface area contributed by atoms with Gasteiger partial charge in [-0.05, 0) is 76.2 Å². The normalized spacial score (nSPS) is 20.9. The minimum atomic E-state index is -1.35. The molecule has 3 fully saturated rings. The number of nitrogens with zero attached hydrogens (tertiary/aromatic N) is 7. The first-order valence-corrected chi connectivity index (χ1v) is 14.9. The maximum atomic E-state index is 14.4. The average molecular weight is 610 g/mol. The van der Waals surface area contributed by atoms with Crippen molar-refractivity contribution in [2.75, 3.05) is 43.6 Å². The van der Waals surface area contributed by atoms with E-state index < -0.39 is 28.3 Å². The summed E-state index contributed by atoms with van der Waals surface area (Å²) < 4.78 is 22.0. The fraction of sp³-hybridized carbons (Fsp3) is 0.364. The zero-order chi connectivity index (χ0) is 31.5. The van der Waals surface area contributed by atoms with Gasteiger partial charge in [-0.25, -0.2) is 24.0 Å². The highest BCUT2D eigenvalue weighted by Crippen LogP contribution is 2.52. The molecule has 12 heteroatoms. The molecule has 0 aliphatic carbocycles. The van der Waals surface area contributed by atoms with Crippen LogP contribution in [0.4, 0.5) is 21.6 Å². The van der Waals surface area contributed by atoms with Crippen molar-refractivity contribution in [1.29, 1.82) is 0 Å². The van der Waals surface area contributed by atoms with Gasteiger partial charge in [-0.3, -0.25) is 4.79 Å². The molecule has 4 aromatic rings. The van der Waals surface area contributed by atoms with Gasteiger partial charge in [0.25, 0.3) is 0 Å². The van der Waals surface area contributed by atoms with E-state index in [1.807, 2.05) is 12.1 Å². The number of benzene rings is 1. The number of carbonyl (C=O) groups is 1. The maximum Gasteiger partial charge on any atom is 0.341 e. The largest absolute Gasteiger partial charge is 0.477 e. The average Bonchev–Trinajstić information content (AvgIpc) is 3.55. The molecule has 3 aliphatic heterocycles. The van der Waals surface area contributed by atoms with Gasteiger partial charge < -0.3 is 29.1 Å². The van der Waals surface area contributed by atoms with Crippen molar-refractivity contribution in [3.05, 3.63) is 88.0 Å². The third-order valence-electron chi connectivity index (χ3n) is 9.60. The van der Waals surface area contributed by atoms with E-state index in [0.29, 0.717) is 22.9 Å². The van der Waals surface area contributed by atoms with Gasteiger partial charge in [-0.2, -0.15) is 0 Å². The molecule has 2 bridgehead atoms. The second kappa shape index (κ2) is 10.9. The summed E-state index contributed by atoms with van der Waals surface area (Å²) in [7, 11) is 4.10. The molecule has 6 heterocycles. The molecule has 7 rings (SSSR count). The summed E-state index contributed by atoms with van der Waals surface area (Å²) in [4.78, 5) is 44.6. The van der Waals surface area contributed by atoms with Gasteiger partial charge in [0.2, 0.25) is 17.0 Å². The highest BCUT2D eigenvalue weighted by molar-refractivity contribution is 5.97. The molecule has 45 heavy (non-hydrogen) atoms. The Bertz CT molecular complexity index is 1910. The van der Waals surface area contributed by atoms with Gasteiger partial charge in [0, 0.05) is 48.6 Å². The number of hydrogen-bond donors (Lipinski definition) is 1. The highest BCUT2D eigenvalue weighted by atomic mass is 19.1. The van der Waals surface area contributed by atoms with Gasteiger partial charge in [-0.1, -0.05) is 0 Å². The molecule has 1 N–H and O–H groups in total. The molecule has 3 aliphatic rings. The number of aromatic nitrogens is 3. The van der Waals surface area contributed by atoms with Crippen LogP contribution in [-0.4, -0.2) is 81.9 Å². The molecule has 230 valence electrons. The topological polar surface area (TPSA) is 108 Å². The third kappa shape index (κ3) is 4.75. The van der Waals surface area contributed by atoms with E-state index in [2.05, 4.69) is 43.6 Å². The number of ether oxygens (including phenoxy) is 1. The van der Waals surface area contributed by atoms with Crippen LogP contribution >= 0.6 is 0 Å². The lowest BCUT2D eigenvalue weighted by atomic mass is 9.88. The summed E-state index contributed by atoms with van der Waals surface area (Å²) >= 11 is 0. The van der Waals surface area contributed by atoms with Crippen LogP contribution in [0.25, 0.3) is 21.4 Å². The van der Waals surface area contributed by atoms with Crippen LogP contribution in [-0.2, 0) is 0 Å². The first-order valence-electron chi connectivity index (χ1n) is 14.9. The molecule has 1 aromatic carbocycles. The SMILES string of the molecule is [C-]#[N+]c1cc2c(=O)c(C(=O)O)cn(-c3ccc(N4CC(N(C)C)C4)nc3)c2cc1N1C2CCC1(COc1ncccc1F)CC2.